The first-order chi connectivity index (χ1) is 8.38. The van der Waals surface area contributed by atoms with Crippen molar-refractivity contribution in [3.05, 3.63) is 29.8 Å². The fraction of sp³-hybridized carbons (Fsp3) is 0.538. The summed E-state index contributed by atoms with van der Waals surface area (Å²) in [6.07, 6.45) is 1.82. The zero-order valence-corrected chi connectivity index (χ0v) is 12.3. The van der Waals surface area contributed by atoms with Crippen LogP contribution in [0.4, 0.5) is 0 Å². The van der Waals surface area contributed by atoms with Gasteiger partial charge in [-0.05, 0) is 44.4 Å². The van der Waals surface area contributed by atoms with Crippen LogP contribution in [0, 0.1) is 0 Å². The van der Waals surface area contributed by atoms with E-state index >= 15 is 0 Å². The maximum Gasteiger partial charge on any atom is 0.243 e. The maximum atomic E-state index is 12.6. The molecule has 0 radical (unpaired) electrons. The van der Waals surface area contributed by atoms with Crippen molar-refractivity contribution >= 4 is 21.6 Å². The van der Waals surface area contributed by atoms with Gasteiger partial charge in [0.2, 0.25) is 10.0 Å². The Balaban J connectivity index is 2.42. The summed E-state index contributed by atoms with van der Waals surface area (Å²) in [7, 11) is -3.40. The molecule has 1 saturated heterocycles. The Bertz CT molecular complexity index is 540. The molecule has 0 aliphatic carbocycles. The van der Waals surface area contributed by atoms with Gasteiger partial charge in [0.25, 0.3) is 0 Å². The topological polar surface area (TPSA) is 37.4 Å². The molecular weight excluding hydrogens is 270 g/mol. The summed E-state index contributed by atoms with van der Waals surface area (Å²) >= 11 is 5.76. The van der Waals surface area contributed by atoms with Crippen molar-refractivity contribution in [1.29, 1.82) is 0 Å². The van der Waals surface area contributed by atoms with Crippen LogP contribution in [0.1, 0.15) is 32.3 Å². The van der Waals surface area contributed by atoms with Crippen molar-refractivity contribution in [2.45, 2.75) is 43.0 Å². The van der Waals surface area contributed by atoms with E-state index in [9.17, 15) is 8.42 Å². The standard InChI is InChI=1S/C13H18ClNO2S/c1-13(2)7-4-8-15(13)18(16,17)12-6-3-5-11(9-12)10-14/h3,5-6,9H,4,7-8,10H2,1-2H3. The Morgan fingerprint density at radius 3 is 2.67 bits per heavy atom. The minimum absolute atomic E-state index is 0.296. The summed E-state index contributed by atoms with van der Waals surface area (Å²) < 4.78 is 26.8. The number of sulfonamides is 1. The first-order valence-corrected chi connectivity index (χ1v) is 8.03. The van der Waals surface area contributed by atoms with Gasteiger partial charge in [-0.1, -0.05) is 12.1 Å². The minimum Gasteiger partial charge on any atom is -0.207 e. The lowest BCUT2D eigenvalue weighted by Crippen LogP contribution is -2.42. The Kier molecular flexibility index (Phi) is 3.72. The predicted octanol–water partition coefficient (Wildman–Crippen LogP) is 2.99. The van der Waals surface area contributed by atoms with Crippen LogP contribution in [0.5, 0.6) is 0 Å². The number of benzene rings is 1. The average molecular weight is 288 g/mol. The zero-order valence-electron chi connectivity index (χ0n) is 10.7. The molecule has 0 bridgehead atoms. The average Bonchev–Trinajstić information content (AvgIpc) is 2.69. The molecule has 3 nitrogen and oxygen atoms in total. The fourth-order valence-corrected chi connectivity index (χ4v) is 4.53. The van der Waals surface area contributed by atoms with Crippen molar-refractivity contribution in [3.8, 4) is 0 Å². The van der Waals surface area contributed by atoms with Gasteiger partial charge in [-0.2, -0.15) is 4.31 Å². The van der Waals surface area contributed by atoms with E-state index in [2.05, 4.69) is 0 Å². The molecule has 0 aromatic heterocycles. The number of hydrogen-bond acceptors (Lipinski definition) is 2. The highest BCUT2D eigenvalue weighted by molar-refractivity contribution is 7.89. The van der Waals surface area contributed by atoms with E-state index in [1.165, 1.54) is 0 Å². The third-order valence-electron chi connectivity index (χ3n) is 3.47. The highest BCUT2D eigenvalue weighted by atomic mass is 35.5. The lowest BCUT2D eigenvalue weighted by Gasteiger charge is -2.30. The third-order valence-corrected chi connectivity index (χ3v) is 5.88. The first kappa shape index (κ1) is 13.8. The lowest BCUT2D eigenvalue weighted by atomic mass is 10.0. The number of rotatable bonds is 3. The smallest absolute Gasteiger partial charge is 0.207 e. The van der Waals surface area contributed by atoms with Gasteiger partial charge in [0, 0.05) is 18.0 Å². The Labute approximate surface area is 114 Å². The van der Waals surface area contributed by atoms with Crippen LogP contribution in [0.2, 0.25) is 0 Å². The maximum absolute atomic E-state index is 12.6. The van der Waals surface area contributed by atoms with Gasteiger partial charge in [-0.25, -0.2) is 8.42 Å². The first-order valence-electron chi connectivity index (χ1n) is 6.06. The fourth-order valence-electron chi connectivity index (χ4n) is 2.44. The molecule has 0 atom stereocenters. The molecule has 1 aromatic carbocycles. The van der Waals surface area contributed by atoms with Gasteiger partial charge in [0.05, 0.1) is 4.90 Å². The molecule has 0 N–H and O–H groups in total. The molecule has 1 aliphatic heterocycles. The summed E-state index contributed by atoms with van der Waals surface area (Å²) in [5.74, 6) is 0.326. The molecule has 100 valence electrons. The molecule has 0 unspecified atom stereocenters. The summed E-state index contributed by atoms with van der Waals surface area (Å²) in [4.78, 5) is 0.343. The highest BCUT2D eigenvalue weighted by Gasteiger charge is 2.40. The van der Waals surface area contributed by atoms with Crippen molar-refractivity contribution in [3.63, 3.8) is 0 Å². The summed E-state index contributed by atoms with van der Waals surface area (Å²) in [6.45, 7) is 4.55. The van der Waals surface area contributed by atoms with Crippen LogP contribution < -0.4 is 0 Å². The molecule has 0 saturated carbocycles. The van der Waals surface area contributed by atoms with Crippen molar-refractivity contribution in [2.75, 3.05) is 6.54 Å². The van der Waals surface area contributed by atoms with Gasteiger partial charge in [0.1, 0.15) is 0 Å². The molecule has 18 heavy (non-hydrogen) atoms. The van der Waals surface area contributed by atoms with Gasteiger partial charge in [-0.3, -0.25) is 0 Å². The zero-order chi connectivity index (χ0) is 13.4. The second-order valence-corrected chi connectivity index (χ2v) is 7.40. The number of alkyl halides is 1. The van der Waals surface area contributed by atoms with E-state index in [1.807, 2.05) is 19.9 Å². The molecule has 2 rings (SSSR count). The van der Waals surface area contributed by atoms with Crippen LogP contribution in [0.3, 0.4) is 0 Å². The SMILES string of the molecule is CC1(C)CCCN1S(=O)(=O)c1cccc(CCl)c1. The van der Waals surface area contributed by atoms with Crippen LogP contribution >= 0.6 is 11.6 Å². The normalized spacial score (nSPS) is 20.2. The lowest BCUT2D eigenvalue weighted by molar-refractivity contribution is 0.291. The Morgan fingerprint density at radius 1 is 1.39 bits per heavy atom. The van der Waals surface area contributed by atoms with Crippen LogP contribution in [0.15, 0.2) is 29.2 Å². The highest BCUT2D eigenvalue weighted by Crippen LogP contribution is 2.34. The van der Waals surface area contributed by atoms with E-state index in [0.717, 1.165) is 18.4 Å². The molecule has 1 aromatic rings. The van der Waals surface area contributed by atoms with Crippen LogP contribution in [-0.2, 0) is 15.9 Å². The quantitative estimate of drug-likeness (QED) is 0.802. The molecule has 0 spiro atoms. The van der Waals surface area contributed by atoms with Crippen LogP contribution in [-0.4, -0.2) is 24.8 Å². The minimum atomic E-state index is -3.40. The Morgan fingerprint density at radius 2 is 2.11 bits per heavy atom. The Hall–Kier alpha value is -0.580. The van der Waals surface area contributed by atoms with E-state index in [4.69, 9.17) is 11.6 Å². The second kappa shape index (κ2) is 4.83. The second-order valence-electron chi connectivity index (χ2n) is 5.27. The molecule has 0 amide bonds. The van der Waals surface area contributed by atoms with Gasteiger partial charge < -0.3 is 0 Å². The van der Waals surface area contributed by atoms with Crippen molar-refractivity contribution in [2.24, 2.45) is 0 Å². The summed E-state index contributed by atoms with van der Waals surface area (Å²) in [5, 5.41) is 0. The van der Waals surface area contributed by atoms with Crippen LogP contribution in [0.25, 0.3) is 0 Å². The number of hydrogen-bond donors (Lipinski definition) is 0. The van der Waals surface area contributed by atoms with Gasteiger partial charge in [-0.15, -0.1) is 11.6 Å². The van der Waals surface area contributed by atoms with Gasteiger partial charge in [0.15, 0.2) is 0 Å². The van der Waals surface area contributed by atoms with E-state index in [-0.39, 0.29) is 5.54 Å². The van der Waals surface area contributed by atoms with E-state index in [1.54, 1.807) is 22.5 Å². The van der Waals surface area contributed by atoms with Crippen molar-refractivity contribution in [1.82, 2.24) is 4.31 Å². The summed E-state index contributed by atoms with van der Waals surface area (Å²) in [5.41, 5.74) is 0.533. The molecule has 1 aliphatic rings. The molecule has 5 heteroatoms. The van der Waals surface area contributed by atoms with Crippen molar-refractivity contribution < 1.29 is 8.42 Å². The molecular formula is C13H18ClNO2S. The predicted molar refractivity (Wildman–Crippen MR) is 73.2 cm³/mol. The number of nitrogens with zero attached hydrogens (tertiary/aromatic N) is 1. The number of halogens is 1. The molecule has 1 heterocycles. The van der Waals surface area contributed by atoms with E-state index in [0.29, 0.717) is 17.3 Å². The monoisotopic (exact) mass is 287 g/mol. The van der Waals surface area contributed by atoms with Gasteiger partial charge >= 0.3 is 0 Å². The largest absolute Gasteiger partial charge is 0.243 e. The third kappa shape index (κ3) is 2.42. The van der Waals surface area contributed by atoms with E-state index < -0.39 is 10.0 Å². The molecule has 1 fully saturated rings. The summed E-state index contributed by atoms with van der Waals surface area (Å²) in [6, 6.07) is 6.88.